The predicted octanol–water partition coefficient (Wildman–Crippen LogP) is 4.49. The molecule has 1 fully saturated rings. The number of nitrogens with one attached hydrogen (secondary N) is 4. The van der Waals surface area contributed by atoms with E-state index in [1.165, 1.54) is 0 Å². The Balaban J connectivity index is 1.52. The predicted molar refractivity (Wildman–Crippen MR) is 127 cm³/mol. The minimum absolute atomic E-state index is 0.0200. The first kappa shape index (κ1) is 23.1. The quantitative estimate of drug-likeness (QED) is 0.480. The summed E-state index contributed by atoms with van der Waals surface area (Å²) < 4.78 is 0. The van der Waals surface area contributed by atoms with Gasteiger partial charge in [-0.25, -0.2) is 9.59 Å². The molecule has 2 aromatic rings. The zero-order chi connectivity index (χ0) is 22.8. The lowest BCUT2D eigenvalue weighted by Gasteiger charge is -2.32. The second-order valence-corrected chi connectivity index (χ2v) is 7.89. The lowest BCUT2D eigenvalue weighted by Crippen LogP contribution is -2.47. The third-order valence-corrected chi connectivity index (χ3v) is 5.31. The van der Waals surface area contributed by atoms with Crippen LogP contribution in [0.3, 0.4) is 0 Å². The highest BCUT2D eigenvalue weighted by atomic mass is 16.2. The van der Waals surface area contributed by atoms with E-state index < -0.39 is 0 Å². The molecule has 4 N–H and O–H groups in total. The number of carbonyl (C=O) groups excluding carboxylic acids is 3. The van der Waals surface area contributed by atoms with Crippen LogP contribution in [0.4, 0.5) is 26.7 Å². The summed E-state index contributed by atoms with van der Waals surface area (Å²) in [6.07, 6.45) is 3.57. The third-order valence-electron chi connectivity index (χ3n) is 5.31. The van der Waals surface area contributed by atoms with Crippen molar-refractivity contribution in [3.8, 4) is 0 Å². The number of carbonyl (C=O) groups is 3. The normalized spacial score (nSPS) is 15.5. The number of likely N-dealkylation sites (tertiary alicyclic amines) is 1. The monoisotopic (exact) mass is 437 g/mol. The summed E-state index contributed by atoms with van der Waals surface area (Å²) in [5.41, 5.74) is 1.82. The van der Waals surface area contributed by atoms with Gasteiger partial charge >= 0.3 is 12.1 Å². The van der Waals surface area contributed by atoms with Crippen LogP contribution in [-0.4, -0.2) is 42.5 Å². The van der Waals surface area contributed by atoms with E-state index in [0.717, 1.165) is 25.7 Å². The van der Waals surface area contributed by atoms with Gasteiger partial charge in [0.2, 0.25) is 5.91 Å². The van der Waals surface area contributed by atoms with Crippen LogP contribution in [0.1, 0.15) is 32.6 Å². The molecule has 0 bridgehead atoms. The Bertz CT molecular complexity index is 919. The molecule has 170 valence electrons. The fourth-order valence-corrected chi connectivity index (χ4v) is 3.60. The van der Waals surface area contributed by atoms with Crippen LogP contribution in [-0.2, 0) is 4.79 Å². The first-order chi connectivity index (χ1) is 15.5. The Morgan fingerprint density at radius 1 is 0.938 bits per heavy atom. The second-order valence-electron chi connectivity index (χ2n) is 7.89. The summed E-state index contributed by atoms with van der Waals surface area (Å²) in [6.45, 7) is 3.78. The van der Waals surface area contributed by atoms with Gasteiger partial charge in [-0.2, -0.15) is 0 Å². The van der Waals surface area contributed by atoms with Gasteiger partial charge in [0.25, 0.3) is 0 Å². The Morgan fingerprint density at radius 2 is 1.62 bits per heavy atom. The highest BCUT2D eigenvalue weighted by Crippen LogP contribution is 2.20. The van der Waals surface area contributed by atoms with E-state index in [-0.39, 0.29) is 23.9 Å². The number of piperidine rings is 1. The standard InChI is InChI=1S/C24H31N5O3/c1-2-3-14-25-22(30)18-9-8-15-29(17-18)24(32)28-21-13-7-12-20(16-21)27-23(31)26-19-10-5-4-6-11-19/h4-7,10-13,16,18H,2-3,8-9,14-15,17H2,1H3,(H,25,30)(H,28,32)(H2,26,27,31). The van der Waals surface area contributed by atoms with Crippen LogP contribution in [0.5, 0.6) is 0 Å². The average molecular weight is 438 g/mol. The number of anilines is 3. The van der Waals surface area contributed by atoms with E-state index in [9.17, 15) is 14.4 Å². The van der Waals surface area contributed by atoms with E-state index in [1.54, 1.807) is 41.3 Å². The van der Waals surface area contributed by atoms with Crippen LogP contribution in [0.2, 0.25) is 0 Å². The maximum atomic E-state index is 12.8. The number of amides is 5. The molecule has 0 spiro atoms. The molecule has 0 aliphatic carbocycles. The molecule has 8 heteroatoms. The molecule has 1 aliphatic rings. The number of urea groups is 2. The molecular formula is C24H31N5O3. The fourth-order valence-electron chi connectivity index (χ4n) is 3.60. The second kappa shape index (κ2) is 11.7. The van der Waals surface area contributed by atoms with E-state index >= 15 is 0 Å². The van der Waals surface area contributed by atoms with Crippen molar-refractivity contribution in [2.24, 2.45) is 5.92 Å². The summed E-state index contributed by atoms with van der Waals surface area (Å²) in [5.74, 6) is -0.160. The first-order valence-electron chi connectivity index (χ1n) is 11.1. The maximum Gasteiger partial charge on any atom is 0.323 e. The molecule has 0 aromatic heterocycles. The summed E-state index contributed by atoms with van der Waals surface area (Å²) in [5, 5.41) is 11.3. The van der Waals surface area contributed by atoms with Crippen molar-refractivity contribution in [1.29, 1.82) is 0 Å². The summed E-state index contributed by atoms with van der Waals surface area (Å²) in [6, 6.07) is 15.5. The van der Waals surface area contributed by atoms with Gasteiger partial charge in [0.1, 0.15) is 0 Å². The number of nitrogens with zero attached hydrogens (tertiary/aromatic N) is 1. The van der Waals surface area contributed by atoms with Gasteiger partial charge in [0, 0.05) is 36.7 Å². The van der Waals surface area contributed by atoms with E-state index in [0.29, 0.717) is 36.7 Å². The molecule has 0 radical (unpaired) electrons. The maximum absolute atomic E-state index is 12.8. The minimum Gasteiger partial charge on any atom is -0.356 e. The first-order valence-corrected chi connectivity index (χ1v) is 11.1. The van der Waals surface area contributed by atoms with Gasteiger partial charge < -0.3 is 26.2 Å². The Hall–Kier alpha value is -3.55. The molecule has 1 atom stereocenters. The SMILES string of the molecule is CCCCNC(=O)C1CCCN(C(=O)Nc2cccc(NC(=O)Nc3ccccc3)c2)C1. The summed E-state index contributed by atoms with van der Waals surface area (Å²) in [7, 11) is 0. The third kappa shape index (κ3) is 7.01. The van der Waals surface area contributed by atoms with Crippen molar-refractivity contribution in [3.05, 3.63) is 54.6 Å². The lowest BCUT2D eigenvalue weighted by molar-refractivity contribution is -0.126. The highest BCUT2D eigenvalue weighted by Gasteiger charge is 2.28. The van der Waals surface area contributed by atoms with Crippen LogP contribution in [0.25, 0.3) is 0 Å². The molecule has 5 amide bonds. The summed E-state index contributed by atoms with van der Waals surface area (Å²) >= 11 is 0. The smallest absolute Gasteiger partial charge is 0.323 e. The van der Waals surface area contributed by atoms with E-state index in [4.69, 9.17) is 0 Å². The highest BCUT2D eigenvalue weighted by molar-refractivity contribution is 6.00. The van der Waals surface area contributed by atoms with Gasteiger partial charge in [-0.05, 0) is 49.6 Å². The molecule has 1 saturated heterocycles. The van der Waals surface area contributed by atoms with E-state index in [1.807, 2.05) is 18.2 Å². The van der Waals surface area contributed by atoms with Gasteiger partial charge in [-0.15, -0.1) is 0 Å². The van der Waals surface area contributed by atoms with Crippen molar-refractivity contribution in [1.82, 2.24) is 10.2 Å². The lowest BCUT2D eigenvalue weighted by atomic mass is 9.97. The minimum atomic E-state index is -0.368. The molecule has 32 heavy (non-hydrogen) atoms. The largest absolute Gasteiger partial charge is 0.356 e. The topological polar surface area (TPSA) is 103 Å². The van der Waals surface area contributed by atoms with Crippen LogP contribution >= 0.6 is 0 Å². The molecule has 1 heterocycles. The number of hydrogen-bond acceptors (Lipinski definition) is 3. The zero-order valence-corrected chi connectivity index (χ0v) is 18.4. The van der Waals surface area contributed by atoms with Crippen molar-refractivity contribution in [3.63, 3.8) is 0 Å². The molecular weight excluding hydrogens is 406 g/mol. The van der Waals surface area contributed by atoms with Gasteiger partial charge in [-0.1, -0.05) is 37.6 Å². The molecule has 1 aliphatic heterocycles. The molecule has 0 saturated carbocycles. The molecule has 2 aromatic carbocycles. The van der Waals surface area contributed by atoms with Gasteiger partial charge in [-0.3, -0.25) is 4.79 Å². The van der Waals surface area contributed by atoms with Crippen molar-refractivity contribution < 1.29 is 14.4 Å². The molecule has 3 rings (SSSR count). The van der Waals surface area contributed by atoms with Gasteiger partial charge in [0.05, 0.1) is 5.92 Å². The van der Waals surface area contributed by atoms with E-state index in [2.05, 4.69) is 28.2 Å². The Kier molecular flexibility index (Phi) is 8.48. The number of hydrogen-bond donors (Lipinski definition) is 4. The average Bonchev–Trinajstić information content (AvgIpc) is 2.80. The van der Waals surface area contributed by atoms with Crippen molar-refractivity contribution >= 4 is 35.0 Å². The van der Waals surface area contributed by atoms with Crippen LogP contribution in [0.15, 0.2) is 54.6 Å². The number of benzene rings is 2. The van der Waals surface area contributed by atoms with Crippen LogP contribution in [0, 0.1) is 5.92 Å². The van der Waals surface area contributed by atoms with Gasteiger partial charge in [0.15, 0.2) is 0 Å². The molecule has 1 unspecified atom stereocenters. The number of para-hydroxylation sites is 1. The Labute approximate surface area is 188 Å². The summed E-state index contributed by atoms with van der Waals surface area (Å²) in [4.78, 5) is 39.0. The van der Waals surface area contributed by atoms with Crippen LogP contribution < -0.4 is 21.3 Å². The number of unbranched alkanes of at least 4 members (excludes halogenated alkanes) is 1. The Morgan fingerprint density at radius 3 is 2.38 bits per heavy atom. The number of rotatable bonds is 7. The van der Waals surface area contributed by atoms with Crippen molar-refractivity contribution in [2.75, 3.05) is 35.6 Å². The fraction of sp³-hybridized carbons (Fsp3) is 0.375. The van der Waals surface area contributed by atoms with Crippen molar-refractivity contribution in [2.45, 2.75) is 32.6 Å². The molecule has 8 nitrogen and oxygen atoms in total. The zero-order valence-electron chi connectivity index (χ0n) is 18.4.